The van der Waals surface area contributed by atoms with Gasteiger partial charge in [-0.25, -0.2) is 4.79 Å². The molecule has 1 fully saturated rings. The van der Waals surface area contributed by atoms with Gasteiger partial charge < -0.3 is 10.2 Å². The number of aliphatic hydroxyl groups excluding tert-OH is 1. The molecule has 0 aromatic rings. The first kappa shape index (κ1) is 13.3. The van der Waals surface area contributed by atoms with Gasteiger partial charge in [0, 0.05) is 5.57 Å². The van der Waals surface area contributed by atoms with Crippen molar-refractivity contribution in [3.05, 3.63) is 22.8 Å². The fraction of sp³-hybridized carbons (Fsp3) is 0.667. The Hall–Kier alpha value is -1.09. The predicted octanol–water partition coefficient (Wildman–Crippen LogP) is 2.76. The van der Waals surface area contributed by atoms with Gasteiger partial charge in [-0.1, -0.05) is 18.6 Å². The minimum atomic E-state index is -0.845. The molecule has 0 amide bonds. The van der Waals surface area contributed by atoms with Crippen molar-refractivity contribution in [3.8, 4) is 0 Å². The van der Waals surface area contributed by atoms with Crippen LogP contribution in [0.25, 0.3) is 0 Å². The number of hydrogen-bond acceptors (Lipinski definition) is 2. The lowest BCUT2D eigenvalue weighted by Crippen LogP contribution is -2.24. The summed E-state index contributed by atoms with van der Waals surface area (Å²) in [6.45, 7) is 5.88. The first-order valence-corrected chi connectivity index (χ1v) is 6.72. The average Bonchev–Trinajstić information content (AvgIpc) is 2.61. The average molecular weight is 250 g/mol. The van der Waals surface area contributed by atoms with Crippen LogP contribution in [0.3, 0.4) is 0 Å². The highest BCUT2D eigenvalue weighted by molar-refractivity contribution is 5.85. The summed E-state index contributed by atoms with van der Waals surface area (Å²) in [7, 11) is 0. The van der Waals surface area contributed by atoms with Gasteiger partial charge in [0.15, 0.2) is 0 Å². The van der Waals surface area contributed by atoms with E-state index in [1.807, 2.05) is 13.0 Å². The highest BCUT2D eigenvalue weighted by Gasteiger charge is 2.39. The predicted molar refractivity (Wildman–Crippen MR) is 70.1 cm³/mol. The lowest BCUT2D eigenvalue weighted by atomic mass is 9.71. The number of aliphatic carboxylic acids is 1. The summed E-state index contributed by atoms with van der Waals surface area (Å²) in [6, 6.07) is 0. The molecule has 0 radical (unpaired) electrons. The van der Waals surface area contributed by atoms with Crippen molar-refractivity contribution in [3.63, 3.8) is 0 Å². The number of hydrogen-bond donors (Lipinski definition) is 2. The van der Waals surface area contributed by atoms with Crippen LogP contribution in [0.15, 0.2) is 22.8 Å². The third kappa shape index (κ3) is 2.24. The smallest absolute Gasteiger partial charge is 0.330 e. The fourth-order valence-electron chi connectivity index (χ4n) is 3.48. The summed E-state index contributed by atoms with van der Waals surface area (Å²) in [4.78, 5) is 10.9. The molecule has 0 saturated heterocycles. The number of rotatable bonds is 2. The van der Waals surface area contributed by atoms with E-state index in [1.54, 1.807) is 6.92 Å². The summed E-state index contributed by atoms with van der Waals surface area (Å²) >= 11 is 0. The van der Waals surface area contributed by atoms with Crippen LogP contribution in [0.4, 0.5) is 0 Å². The number of carboxylic acids is 1. The van der Waals surface area contributed by atoms with Crippen LogP contribution in [0.1, 0.15) is 40.0 Å². The molecule has 0 aromatic carbocycles. The number of fused-ring (bicyclic) bond motifs is 1. The van der Waals surface area contributed by atoms with Crippen molar-refractivity contribution in [2.75, 3.05) is 0 Å². The monoisotopic (exact) mass is 250 g/mol. The molecule has 0 aromatic heterocycles. The molecule has 0 aliphatic heterocycles. The maximum Gasteiger partial charge on any atom is 0.330 e. The van der Waals surface area contributed by atoms with Crippen molar-refractivity contribution in [2.45, 2.75) is 46.1 Å². The van der Waals surface area contributed by atoms with E-state index in [0.29, 0.717) is 17.4 Å². The van der Waals surface area contributed by atoms with Crippen LogP contribution in [-0.4, -0.2) is 22.3 Å². The topological polar surface area (TPSA) is 57.5 Å². The second kappa shape index (κ2) is 4.88. The summed E-state index contributed by atoms with van der Waals surface area (Å²) in [5.74, 6) is 0.403. The van der Waals surface area contributed by atoms with Crippen molar-refractivity contribution in [1.29, 1.82) is 0 Å². The molecule has 1 saturated carbocycles. The Labute approximate surface area is 108 Å². The van der Waals surface area contributed by atoms with E-state index < -0.39 is 5.97 Å². The summed E-state index contributed by atoms with van der Waals surface area (Å²) in [5.41, 5.74) is 2.79. The lowest BCUT2D eigenvalue weighted by Gasteiger charge is -2.33. The molecule has 18 heavy (non-hydrogen) atoms. The van der Waals surface area contributed by atoms with Gasteiger partial charge >= 0.3 is 5.97 Å². The Morgan fingerprint density at radius 1 is 1.39 bits per heavy atom. The number of aliphatic hydroxyl groups is 1. The molecule has 2 N–H and O–H groups in total. The second-order valence-electron chi connectivity index (χ2n) is 5.81. The quantitative estimate of drug-likeness (QED) is 0.585. The van der Waals surface area contributed by atoms with Crippen molar-refractivity contribution >= 4 is 5.97 Å². The molecule has 2 rings (SSSR count). The van der Waals surface area contributed by atoms with E-state index in [4.69, 9.17) is 5.11 Å². The third-order valence-electron chi connectivity index (χ3n) is 4.64. The number of carbonyl (C=O) groups is 1. The minimum absolute atomic E-state index is 0.208. The Balaban J connectivity index is 2.32. The van der Waals surface area contributed by atoms with E-state index in [0.717, 1.165) is 24.8 Å². The van der Waals surface area contributed by atoms with Gasteiger partial charge in [-0.15, -0.1) is 0 Å². The Kier molecular flexibility index (Phi) is 3.62. The molecule has 2 aliphatic rings. The maximum absolute atomic E-state index is 10.9. The number of allylic oxidation sites excluding steroid dienone is 2. The zero-order valence-corrected chi connectivity index (χ0v) is 11.3. The summed E-state index contributed by atoms with van der Waals surface area (Å²) in [6.07, 6.45) is 4.48. The molecule has 4 atom stereocenters. The molecular formula is C15H22O3. The van der Waals surface area contributed by atoms with Gasteiger partial charge in [0.25, 0.3) is 0 Å². The van der Waals surface area contributed by atoms with Crippen LogP contribution in [0.5, 0.6) is 0 Å². The first-order valence-electron chi connectivity index (χ1n) is 6.72. The van der Waals surface area contributed by atoms with Gasteiger partial charge in [-0.2, -0.15) is 0 Å². The normalized spacial score (nSPS) is 36.8. The van der Waals surface area contributed by atoms with Crippen molar-refractivity contribution < 1.29 is 15.0 Å². The molecule has 4 unspecified atom stereocenters. The molecule has 0 heterocycles. The van der Waals surface area contributed by atoms with Gasteiger partial charge in [0.05, 0.1) is 6.10 Å². The Bertz CT molecular complexity index is 419. The van der Waals surface area contributed by atoms with E-state index in [-0.39, 0.29) is 12.0 Å². The fourth-order valence-corrected chi connectivity index (χ4v) is 3.48. The Morgan fingerprint density at radius 2 is 2.06 bits per heavy atom. The lowest BCUT2D eigenvalue weighted by molar-refractivity contribution is -0.132. The molecule has 3 nitrogen and oxygen atoms in total. The van der Waals surface area contributed by atoms with Crippen LogP contribution in [0, 0.1) is 17.8 Å². The first-order chi connectivity index (χ1) is 8.41. The maximum atomic E-state index is 10.9. The van der Waals surface area contributed by atoms with Crippen molar-refractivity contribution in [2.24, 2.45) is 17.8 Å². The van der Waals surface area contributed by atoms with Crippen LogP contribution in [-0.2, 0) is 4.79 Å². The van der Waals surface area contributed by atoms with E-state index >= 15 is 0 Å². The van der Waals surface area contributed by atoms with Gasteiger partial charge in [-0.3, -0.25) is 0 Å². The molecule has 2 aliphatic carbocycles. The molecule has 0 spiro atoms. The highest BCUT2D eigenvalue weighted by atomic mass is 16.4. The molecule has 100 valence electrons. The zero-order valence-electron chi connectivity index (χ0n) is 11.3. The zero-order chi connectivity index (χ0) is 13.4. The van der Waals surface area contributed by atoms with Gasteiger partial charge in [0.2, 0.25) is 0 Å². The SMILES string of the molecule is CC(=CC1CCC(C)C2CC(O)C(C)=C12)C(=O)O. The Morgan fingerprint density at radius 3 is 2.67 bits per heavy atom. The van der Waals surface area contributed by atoms with Gasteiger partial charge in [-0.05, 0) is 56.4 Å². The van der Waals surface area contributed by atoms with E-state index in [1.165, 1.54) is 5.57 Å². The van der Waals surface area contributed by atoms with Gasteiger partial charge in [0.1, 0.15) is 0 Å². The second-order valence-corrected chi connectivity index (χ2v) is 5.81. The van der Waals surface area contributed by atoms with Crippen LogP contribution >= 0.6 is 0 Å². The molecular weight excluding hydrogens is 228 g/mol. The largest absolute Gasteiger partial charge is 0.478 e. The van der Waals surface area contributed by atoms with Crippen molar-refractivity contribution in [1.82, 2.24) is 0 Å². The van der Waals surface area contributed by atoms with E-state index in [9.17, 15) is 9.90 Å². The minimum Gasteiger partial charge on any atom is -0.478 e. The molecule has 0 bridgehead atoms. The standard InChI is InChI=1S/C15H22O3/c1-8-4-5-11(6-9(2)15(17)18)14-10(3)13(16)7-12(8)14/h6,8,11-13,16H,4-5,7H2,1-3H3,(H,17,18). The van der Waals surface area contributed by atoms with Crippen LogP contribution in [0.2, 0.25) is 0 Å². The van der Waals surface area contributed by atoms with E-state index in [2.05, 4.69) is 6.92 Å². The number of carboxylic acid groups (broad SMARTS) is 1. The molecule has 3 heteroatoms. The third-order valence-corrected chi connectivity index (χ3v) is 4.64. The van der Waals surface area contributed by atoms with Crippen LogP contribution < -0.4 is 0 Å². The highest BCUT2D eigenvalue weighted by Crippen LogP contribution is 2.48. The summed E-state index contributed by atoms with van der Waals surface area (Å²) < 4.78 is 0. The summed E-state index contributed by atoms with van der Waals surface area (Å²) in [5, 5.41) is 19.0.